The van der Waals surface area contributed by atoms with Gasteiger partial charge in [0.2, 0.25) is 0 Å². The van der Waals surface area contributed by atoms with E-state index in [1.807, 2.05) is 25.2 Å². The van der Waals surface area contributed by atoms with Crippen molar-refractivity contribution < 1.29 is 14.3 Å². The number of hydrogen-bond acceptors (Lipinski definition) is 4. The molecule has 1 atom stereocenters. The van der Waals surface area contributed by atoms with E-state index in [1.54, 1.807) is 7.11 Å². The lowest BCUT2D eigenvalue weighted by molar-refractivity contribution is -0.127. The first kappa shape index (κ1) is 14.7. The van der Waals surface area contributed by atoms with Crippen LogP contribution in [0.5, 0.6) is 11.5 Å². The molecule has 1 unspecified atom stereocenters. The van der Waals surface area contributed by atoms with E-state index in [1.165, 1.54) is 0 Å². The van der Waals surface area contributed by atoms with Crippen LogP contribution in [0.4, 0.5) is 0 Å². The van der Waals surface area contributed by atoms with Crippen molar-refractivity contribution in [1.82, 2.24) is 10.6 Å². The minimum absolute atomic E-state index is 0.0197. The van der Waals surface area contributed by atoms with Crippen LogP contribution in [0.15, 0.2) is 18.2 Å². The Morgan fingerprint density at radius 1 is 1.40 bits per heavy atom. The number of amides is 1. The van der Waals surface area contributed by atoms with Crippen molar-refractivity contribution in [3.05, 3.63) is 23.8 Å². The van der Waals surface area contributed by atoms with Crippen LogP contribution in [0.25, 0.3) is 0 Å². The Hall–Kier alpha value is -1.75. The fourth-order valence-electron chi connectivity index (χ4n) is 2.30. The molecule has 1 fully saturated rings. The molecule has 0 bridgehead atoms. The normalized spacial score (nSPS) is 19.1. The first-order chi connectivity index (χ1) is 9.74. The van der Waals surface area contributed by atoms with E-state index in [-0.39, 0.29) is 5.91 Å². The van der Waals surface area contributed by atoms with Gasteiger partial charge in [0.15, 0.2) is 6.10 Å². The molecule has 5 heteroatoms. The highest BCUT2D eigenvalue weighted by molar-refractivity contribution is 5.81. The molecule has 1 saturated heterocycles. The Bertz CT molecular complexity index is 462. The Morgan fingerprint density at radius 2 is 2.25 bits per heavy atom. The SMILES string of the molecule is CNCc1cc(OC)ccc1OC1CCCCNC1=O. The van der Waals surface area contributed by atoms with Crippen molar-refractivity contribution in [3.8, 4) is 11.5 Å². The Balaban J connectivity index is 2.16. The minimum Gasteiger partial charge on any atom is -0.497 e. The van der Waals surface area contributed by atoms with Gasteiger partial charge in [-0.1, -0.05) is 0 Å². The Kier molecular flexibility index (Phi) is 5.24. The van der Waals surface area contributed by atoms with Gasteiger partial charge in [-0.2, -0.15) is 0 Å². The number of carbonyl (C=O) groups is 1. The van der Waals surface area contributed by atoms with Crippen LogP contribution in [-0.2, 0) is 11.3 Å². The zero-order valence-corrected chi connectivity index (χ0v) is 12.1. The molecule has 1 aromatic rings. The molecule has 0 radical (unpaired) electrons. The molecule has 1 aliphatic heterocycles. The van der Waals surface area contributed by atoms with Crippen LogP contribution in [0.2, 0.25) is 0 Å². The molecule has 0 saturated carbocycles. The molecule has 1 amide bonds. The van der Waals surface area contributed by atoms with Gasteiger partial charge in [0, 0.05) is 18.7 Å². The van der Waals surface area contributed by atoms with Crippen LogP contribution in [-0.4, -0.2) is 32.7 Å². The molecule has 2 rings (SSSR count). The highest BCUT2D eigenvalue weighted by Gasteiger charge is 2.23. The fourth-order valence-corrected chi connectivity index (χ4v) is 2.30. The van der Waals surface area contributed by atoms with Crippen LogP contribution >= 0.6 is 0 Å². The zero-order valence-electron chi connectivity index (χ0n) is 12.1. The summed E-state index contributed by atoms with van der Waals surface area (Å²) in [6.45, 7) is 1.41. The predicted molar refractivity (Wildman–Crippen MR) is 77.0 cm³/mol. The Labute approximate surface area is 119 Å². The van der Waals surface area contributed by atoms with Crippen molar-refractivity contribution >= 4 is 5.91 Å². The molecule has 0 spiro atoms. The Morgan fingerprint density at radius 3 is 3.00 bits per heavy atom. The third-order valence-electron chi connectivity index (χ3n) is 3.39. The summed E-state index contributed by atoms with van der Waals surface area (Å²) in [5, 5.41) is 5.99. The van der Waals surface area contributed by atoms with Crippen molar-refractivity contribution in [2.75, 3.05) is 20.7 Å². The van der Waals surface area contributed by atoms with E-state index in [4.69, 9.17) is 9.47 Å². The van der Waals surface area contributed by atoms with E-state index >= 15 is 0 Å². The third-order valence-corrected chi connectivity index (χ3v) is 3.39. The monoisotopic (exact) mass is 278 g/mol. The van der Waals surface area contributed by atoms with E-state index in [2.05, 4.69) is 10.6 Å². The van der Waals surface area contributed by atoms with Gasteiger partial charge in [0.1, 0.15) is 11.5 Å². The summed E-state index contributed by atoms with van der Waals surface area (Å²) < 4.78 is 11.1. The molecule has 1 aliphatic rings. The van der Waals surface area contributed by atoms with E-state index in [0.29, 0.717) is 6.54 Å². The summed E-state index contributed by atoms with van der Waals surface area (Å²) >= 11 is 0. The van der Waals surface area contributed by atoms with Gasteiger partial charge in [0.25, 0.3) is 5.91 Å². The molecular weight excluding hydrogens is 256 g/mol. The summed E-state index contributed by atoms with van der Waals surface area (Å²) in [5.41, 5.74) is 0.990. The minimum atomic E-state index is -0.401. The number of ether oxygens (including phenoxy) is 2. The standard InChI is InChI=1S/C15H22N2O3/c1-16-10-11-9-12(19-2)6-7-13(11)20-14-5-3-4-8-17-15(14)18/h6-7,9,14,16H,3-5,8,10H2,1-2H3,(H,17,18). The molecule has 20 heavy (non-hydrogen) atoms. The second kappa shape index (κ2) is 7.14. The fraction of sp³-hybridized carbons (Fsp3) is 0.533. The number of rotatable bonds is 5. The quantitative estimate of drug-likeness (QED) is 0.856. The highest BCUT2D eigenvalue weighted by Crippen LogP contribution is 2.26. The van der Waals surface area contributed by atoms with Crippen molar-refractivity contribution in [2.45, 2.75) is 31.9 Å². The molecule has 110 valence electrons. The lowest BCUT2D eigenvalue weighted by Crippen LogP contribution is -2.36. The summed E-state index contributed by atoms with van der Waals surface area (Å²) in [6.07, 6.45) is 2.37. The van der Waals surface area contributed by atoms with Crippen LogP contribution < -0.4 is 20.1 Å². The average molecular weight is 278 g/mol. The van der Waals surface area contributed by atoms with Gasteiger partial charge < -0.3 is 20.1 Å². The van der Waals surface area contributed by atoms with Gasteiger partial charge in [-0.3, -0.25) is 4.79 Å². The summed E-state index contributed by atoms with van der Waals surface area (Å²) in [4.78, 5) is 11.9. The van der Waals surface area contributed by atoms with Crippen LogP contribution in [0.3, 0.4) is 0 Å². The van der Waals surface area contributed by atoms with E-state index < -0.39 is 6.10 Å². The molecule has 1 heterocycles. The largest absolute Gasteiger partial charge is 0.497 e. The summed E-state index contributed by atoms with van der Waals surface area (Å²) in [7, 11) is 3.51. The van der Waals surface area contributed by atoms with Crippen molar-refractivity contribution in [2.24, 2.45) is 0 Å². The van der Waals surface area contributed by atoms with Gasteiger partial charge >= 0.3 is 0 Å². The van der Waals surface area contributed by atoms with Crippen LogP contribution in [0.1, 0.15) is 24.8 Å². The number of nitrogens with one attached hydrogen (secondary N) is 2. The lowest BCUT2D eigenvalue weighted by Gasteiger charge is -2.19. The molecule has 0 aromatic heterocycles. The summed E-state index contributed by atoms with van der Waals surface area (Å²) in [6, 6.07) is 5.65. The number of methoxy groups -OCH3 is 1. The highest BCUT2D eigenvalue weighted by atomic mass is 16.5. The van der Waals surface area contributed by atoms with E-state index in [9.17, 15) is 4.79 Å². The first-order valence-corrected chi connectivity index (χ1v) is 7.00. The van der Waals surface area contributed by atoms with Gasteiger partial charge in [0.05, 0.1) is 7.11 Å². The lowest BCUT2D eigenvalue weighted by atomic mass is 10.1. The van der Waals surface area contributed by atoms with Gasteiger partial charge in [-0.05, 0) is 44.5 Å². The zero-order chi connectivity index (χ0) is 14.4. The second-order valence-electron chi connectivity index (χ2n) is 4.90. The third kappa shape index (κ3) is 3.63. The van der Waals surface area contributed by atoms with Gasteiger partial charge in [-0.15, -0.1) is 0 Å². The second-order valence-corrected chi connectivity index (χ2v) is 4.90. The maximum atomic E-state index is 11.9. The van der Waals surface area contributed by atoms with Crippen molar-refractivity contribution in [3.63, 3.8) is 0 Å². The average Bonchev–Trinajstić information content (AvgIpc) is 2.66. The molecule has 1 aromatic carbocycles. The van der Waals surface area contributed by atoms with E-state index in [0.717, 1.165) is 42.9 Å². The molecular formula is C15H22N2O3. The number of carbonyl (C=O) groups excluding carboxylic acids is 1. The maximum absolute atomic E-state index is 11.9. The molecule has 2 N–H and O–H groups in total. The molecule has 0 aliphatic carbocycles. The van der Waals surface area contributed by atoms with Crippen LogP contribution in [0, 0.1) is 0 Å². The molecule has 5 nitrogen and oxygen atoms in total. The summed E-state index contributed by atoms with van der Waals surface area (Å²) in [5.74, 6) is 1.50. The predicted octanol–water partition coefficient (Wildman–Crippen LogP) is 1.46. The maximum Gasteiger partial charge on any atom is 0.261 e. The number of hydrogen-bond donors (Lipinski definition) is 2. The van der Waals surface area contributed by atoms with Crippen molar-refractivity contribution in [1.29, 1.82) is 0 Å². The smallest absolute Gasteiger partial charge is 0.261 e. The number of benzene rings is 1. The first-order valence-electron chi connectivity index (χ1n) is 7.00. The van der Waals surface area contributed by atoms with Gasteiger partial charge in [-0.25, -0.2) is 0 Å². The topological polar surface area (TPSA) is 59.6 Å².